The van der Waals surface area contributed by atoms with Gasteiger partial charge in [-0.15, -0.1) is 0 Å². The van der Waals surface area contributed by atoms with E-state index >= 15 is 0 Å². The molecule has 1 saturated carbocycles. The maximum Gasteiger partial charge on any atom is 0.251 e. The van der Waals surface area contributed by atoms with Crippen molar-refractivity contribution in [3.63, 3.8) is 0 Å². The van der Waals surface area contributed by atoms with Gasteiger partial charge in [-0.05, 0) is 54.8 Å². The zero-order chi connectivity index (χ0) is 25.4. The molecule has 0 atom stereocenters. The first-order valence-corrected chi connectivity index (χ1v) is 13.5. The lowest BCUT2D eigenvalue weighted by Gasteiger charge is -2.11. The average Bonchev–Trinajstić information content (AvgIpc) is 3.67. The van der Waals surface area contributed by atoms with Crippen LogP contribution in [-0.4, -0.2) is 39.8 Å². The van der Waals surface area contributed by atoms with Crippen LogP contribution >= 0.6 is 0 Å². The summed E-state index contributed by atoms with van der Waals surface area (Å²) >= 11 is 0. The number of benzene rings is 3. The normalized spacial score (nSPS) is 13.7. The largest absolute Gasteiger partial charge is 0.504 e. The number of hydrogen-bond acceptors (Lipinski definition) is 6. The molecule has 3 aromatic carbocycles. The lowest BCUT2D eigenvalue weighted by atomic mass is 10.1. The molecule has 1 heterocycles. The molecule has 0 bridgehead atoms. The van der Waals surface area contributed by atoms with Gasteiger partial charge in [0.15, 0.2) is 21.3 Å². The van der Waals surface area contributed by atoms with Crippen LogP contribution in [0.5, 0.6) is 11.5 Å². The van der Waals surface area contributed by atoms with Crippen LogP contribution in [-0.2, 0) is 22.9 Å². The second-order valence-corrected chi connectivity index (χ2v) is 11.3. The SMILES string of the molecule is CCS(=O)(=O)c1ccc(CNC(=O)c2ccc3c(c2)nc(C2CC2)n3Cc2cccc(O)c2O)cc1. The smallest absolute Gasteiger partial charge is 0.251 e. The quantitative estimate of drug-likeness (QED) is 0.310. The molecule has 0 spiro atoms. The highest BCUT2D eigenvalue weighted by atomic mass is 32.2. The summed E-state index contributed by atoms with van der Waals surface area (Å²) in [4.78, 5) is 17.9. The number of nitrogens with one attached hydrogen (secondary N) is 1. The van der Waals surface area contributed by atoms with E-state index in [1.807, 2.05) is 10.6 Å². The number of sulfone groups is 1. The van der Waals surface area contributed by atoms with Gasteiger partial charge < -0.3 is 20.1 Å². The van der Waals surface area contributed by atoms with Crippen LogP contribution < -0.4 is 5.32 Å². The van der Waals surface area contributed by atoms with Crippen molar-refractivity contribution in [1.29, 1.82) is 0 Å². The summed E-state index contributed by atoms with van der Waals surface area (Å²) in [7, 11) is -3.26. The molecule has 1 aromatic heterocycles. The number of carbonyl (C=O) groups excluding carboxylic acids is 1. The Morgan fingerprint density at radius 1 is 1.08 bits per heavy atom. The maximum atomic E-state index is 12.8. The van der Waals surface area contributed by atoms with Crippen molar-refractivity contribution in [2.75, 3.05) is 5.75 Å². The van der Waals surface area contributed by atoms with E-state index in [-0.39, 0.29) is 34.6 Å². The summed E-state index contributed by atoms with van der Waals surface area (Å²) in [6.45, 7) is 2.23. The van der Waals surface area contributed by atoms with Crippen molar-refractivity contribution in [3.8, 4) is 11.5 Å². The number of nitrogens with zero attached hydrogens (tertiary/aromatic N) is 2. The third kappa shape index (κ3) is 4.66. The number of para-hydroxylation sites is 1. The monoisotopic (exact) mass is 505 g/mol. The van der Waals surface area contributed by atoms with Gasteiger partial charge in [-0.2, -0.15) is 0 Å². The van der Waals surface area contributed by atoms with E-state index in [1.165, 1.54) is 6.07 Å². The van der Waals surface area contributed by atoms with Gasteiger partial charge in [0.05, 0.1) is 28.2 Å². The highest BCUT2D eigenvalue weighted by molar-refractivity contribution is 7.91. The summed E-state index contributed by atoms with van der Waals surface area (Å²) in [5.41, 5.74) is 3.41. The molecule has 1 amide bonds. The van der Waals surface area contributed by atoms with Gasteiger partial charge in [-0.25, -0.2) is 13.4 Å². The number of carbonyl (C=O) groups is 1. The summed E-state index contributed by atoms with van der Waals surface area (Å²) in [6, 6.07) is 16.8. The van der Waals surface area contributed by atoms with Gasteiger partial charge in [-0.3, -0.25) is 4.79 Å². The van der Waals surface area contributed by atoms with Crippen molar-refractivity contribution in [1.82, 2.24) is 14.9 Å². The topological polar surface area (TPSA) is 122 Å². The number of phenols is 2. The minimum Gasteiger partial charge on any atom is -0.504 e. The van der Waals surface area contributed by atoms with Gasteiger partial charge in [-0.1, -0.05) is 31.2 Å². The van der Waals surface area contributed by atoms with Gasteiger partial charge >= 0.3 is 0 Å². The van der Waals surface area contributed by atoms with Crippen molar-refractivity contribution in [3.05, 3.63) is 83.2 Å². The van der Waals surface area contributed by atoms with E-state index < -0.39 is 9.84 Å². The molecular formula is C27H27N3O5S. The van der Waals surface area contributed by atoms with Gasteiger partial charge in [0, 0.05) is 23.6 Å². The van der Waals surface area contributed by atoms with Crippen LogP contribution in [0.1, 0.15) is 53.0 Å². The molecule has 186 valence electrons. The molecule has 0 aliphatic heterocycles. The Morgan fingerprint density at radius 2 is 1.83 bits per heavy atom. The van der Waals surface area contributed by atoms with Crippen molar-refractivity contribution >= 4 is 26.8 Å². The standard InChI is InChI=1S/C27H27N3O5S/c1-2-36(34,35)21-11-6-17(7-12-21)15-28-27(33)19-10-13-23-22(14-19)29-26(18-8-9-18)30(23)16-20-4-3-5-24(31)25(20)32/h3-7,10-14,18,31-32H,2,8-9,15-16H2,1H3,(H,28,33). The number of aromatic nitrogens is 2. The summed E-state index contributed by atoms with van der Waals surface area (Å²) in [5, 5.41) is 23.0. The lowest BCUT2D eigenvalue weighted by molar-refractivity contribution is 0.0951. The Bertz CT molecular complexity index is 1550. The van der Waals surface area contributed by atoms with Crippen LogP contribution in [0.15, 0.2) is 65.6 Å². The zero-order valence-electron chi connectivity index (χ0n) is 19.8. The molecule has 0 saturated heterocycles. The second-order valence-electron chi connectivity index (χ2n) is 9.05. The van der Waals surface area contributed by atoms with E-state index in [9.17, 15) is 23.4 Å². The van der Waals surface area contributed by atoms with Crippen LogP contribution in [0.2, 0.25) is 0 Å². The highest BCUT2D eigenvalue weighted by Gasteiger charge is 2.30. The fraction of sp³-hybridized carbons (Fsp3) is 0.259. The maximum absolute atomic E-state index is 12.8. The molecule has 0 unspecified atom stereocenters. The third-order valence-corrected chi connectivity index (χ3v) is 8.28. The van der Waals surface area contributed by atoms with E-state index in [4.69, 9.17) is 4.98 Å². The van der Waals surface area contributed by atoms with Crippen LogP contribution in [0, 0.1) is 0 Å². The predicted octanol–water partition coefficient (Wildman–Crippen LogP) is 4.10. The molecule has 8 nitrogen and oxygen atoms in total. The highest BCUT2D eigenvalue weighted by Crippen LogP contribution is 2.41. The molecule has 36 heavy (non-hydrogen) atoms. The number of amides is 1. The van der Waals surface area contributed by atoms with Crippen LogP contribution in [0.4, 0.5) is 0 Å². The predicted molar refractivity (Wildman–Crippen MR) is 136 cm³/mol. The fourth-order valence-electron chi connectivity index (χ4n) is 4.25. The van der Waals surface area contributed by atoms with Gasteiger partial charge in [0.2, 0.25) is 0 Å². The fourth-order valence-corrected chi connectivity index (χ4v) is 5.13. The Morgan fingerprint density at radius 3 is 2.53 bits per heavy atom. The first kappa shape index (κ1) is 23.9. The molecule has 1 fully saturated rings. The number of hydrogen-bond donors (Lipinski definition) is 3. The number of rotatable bonds is 8. The minimum atomic E-state index is -3.26. The number of phenolic OH excluding ortho intramolecular Hbond substituents is 2. The molecular weight excluding hydrogens is 478 g/mol. The van der Waals surface area contributed by atoms with E-state index in [1.54, 1.807) is 55.5 Å². The van der Waals surface area contributed by atoms with Crippen LogP contribution in [0.3, 0.4) is 0 Å². The van der Waals surface area contributed by atoms with Gasteiger partial charge in [0.25, 0.3) is 5.91 Å². The Hall–Kier alpha value is -3.85. The third-order valence-electron chi connectivity index (χ3n) is 6.52. The van der Waals surface area contributed by atoms with Crippen molar-refractivity contribution in [2.24, 2.45) is 0 Å². The van der Waals surface area contributed by atoms with Crippen LogP contribution in [0.25, 0.3) is 11.0 Å². The number of imidazole rings is 1. The minimum absolute atomic E-state index is 0.0404. The van der Waals surface area contributed by atoms with Crippen molar-refractivity contribution in [2.45, 2.75) is 43.7 Å². The average molecular weight is 506 g/mol. The second kappa shape index (κ2) is 9.31. The van der Waals surface area contributed by atoms with E-state index in [2.05, 4.69) is 5.32 Å². The zero-order valence-corrected chi connectivity index (χ0v) is 20.6. The molecule has 0 radical (unpaired) electrons. The van der Waals surface area contributed by atoms with Crippen molar-refractivity contribution < 1.29 is 23.4 Å². The summed E-state index contributed by atoms with van der Waals surface area (Å²) < 4.78 is 26.0. The van der Waals surface area contributed by atoms with E-state index in [0.29, 0.717) is 29.1 Å². The molecule has 4 aromatic rings. The molecule has 1 aliphatic carbocycles. The Kier molecular flexibility index (Phi) is 6.17. The molecule has 1 aliphatic rings. The Balaban J connectivity index is 1.36. The van der Waals surface area contributed by atoms with Gasteiger partial charge in [0.1, 0.15) is 5.82 Å². The summed E-state index contributed by atoms with van der Waals surface area (Å²) in [5.74, 6) is 0.734. The molecule has 3 N–H and O–H groups in total. The first-order valence-electron chi connectivity index (χ1n) is 11.9. The molecule has 5 rings (SSSR count). The number of aromatic hydroxyl groups is 2. The first-order chi connectivity index (χ1) is 17.3. The lowest BCUT2D eigenvalue weighted by Crippen LogP contribution is -2.22. The van der Waals surface area contributed by atoms with E-state index in [0.717, 1.165) is 29.7 Å². The summed E-state index contributed by atoms with van der Waals surface area (Å²) in [6.07, 6.45) is 2.09. The number of fused-ring (bicyclic) bond motifs is 1. The Labute approximate surface area is 209 Å². The molecule has 9 heteroatoms.